The average Bonchev–Trinajstić information content (AvgIpc) is 2.12. The number of carbonyl (C=O) groups is 3. The lowest BCUT2D eigenvalue weighted by Gasteiger charge is -2.20. The van der Waals surface area contributed by atoms with Crippen LogP contribution >= 0.6 is 0 Å². The number of hydrogen-bond acceptors (Lipinski definition) is 4. The van der Waals surface area contributed by atoms with Gasteiger partial charge in [0.2, 0.25) is 5.91 Å². The molecule has 7 heteroatoms. The third-order valence-electron chi connectivity index (χ3n) is 1.74. The Hall–Kier alpha value is -1.89. The second kappa shape index (κ2) is 5.86. The molecule has 1 unspecified atom stereocenters. The maximum atomic E-state index is 11.1. The van der Waals surface area contributed by atoms with Crippen LogP contribution in [0, 0.1) is 0 Å². The van der Waals surface area contributed by atoms with E-state index in [9.17, 15) is 19.5 Å². The van der Waals surface area contributed by atoms with Crippen molar-refractivity contribution < 1.29 is 29.7 Å². The highest BCUT2D eigenvalue weighted by atomic mass is 16.4. The highest BCUT2D eigenvalue weighted by Crippen LogP contribution is 2.15. The van der Waals surface area contributed by atoms with E-state index in [1.165, 1.54) is 6.08 Å². The van der Waals surface area contributed by atoms with E-state index in [-0.39, 0.29) is 6.54 Å². The van der Waals surface area contributed by atoms with Crippen molar-refractivity contribution in [3.05, 3.63) is 12.7 Å². The third-order valence-corrected chi connectivity index (χ3v) is 1.74. The van der Waals surface area contributed by atoms with Gasteiger partial charge in [-0.2, -0.15) is 0 Å². The number of amides is 1. The van der Waals surface area contributed by atoms with Crippen LogP contribution in [0.2, 0.25) is 0 Å². The molecule has 0 heterocycles. The van der Waals surface area contributed by atoms with E-state index in [0.717, 1.165) is 0 Å². The summed E-state index contributed by atoms with van der Waals surface area (Å²) in [6.45, 7) is 3.44. The number of hydrogen-bond donors (Lipinski definition) is 4. The van der Waals surface area contributed by atoms with Crippen molar-refractivity contribution in [2.24, 2.45) is 0 Å². The molecule has 0 aromatic heterocycles. The van der Waals surface area contributed by atoms with Crippen LogP contribution in [-0.2, 0) is 14.4 Å². The minimum absolute atomic E-state index is 0.113. The van der Waals surface area contributed by atoms with Crippen LogP contribution in [0.3, 0.4) is 0 Å². The number of aliphatic hydroxyl groups is 1. The van der Waals surface area contributed by atoms with Gasteiger partial charge >= 0.3 is 11.9 Å². The fourth-order valence-electron chi connectivity index (χ4n) is 0.978. The molecule has 0 saturated heterocycles. The first kappa shape index (κ1) is 14.1. The predicted octanol–water partition coefficient (Wildman–Crippen LogP) is -1.03. The molecule has 0 aliphatic carbocycles. The summed E-state index contributed by atoms with van der Waals surface area (Å²) in [6.07, 6.45) is -0.485. The zero-order valence-corrected chi connectivity index (χ0v) is 8.47. The topological polar surface area (TPSA) is 124 Å². The quantitative estimate of drug-likeness (QED) is 0.415. The molecule has 0 aromatic carbocycles. The van der Waals surface area contributed by atoms with Crippen molar-refractivity contribution in [2.75, 3.05) is 6.54 Å². The first-order valence-corrected chi connectivity index (χ1v) is 4.37. The lowest BCUT2D eigenvalue weighted by atomic mass is 9.95. The molecule has 1 amide bonds. The number of carbonyl (C=O) groups excluding carboxylic acids is 1. The second-order valence-corrected chi connectivity index (χ2v) is 3.18. The Labute approximate surface area is 91.4 Å². The molecule has 4 N–H and O–H groups in total. The summed E-state index contributed by atoms with van der Waals surface area (Å²) in [5.74, 6) is -4.00. The largest absolute Gasteiger partial charge is 0.481 e. The molecule has 7 nitrogen and oxygen atoms in total. The minimum atomic E-state index is -2.59. The zero-order valence-electron chi connectivity index (χ0n) is 8.47. The summed E-state index contributed by atoms with van der Waals surface area (Å²) in [5.41, 5.74) is -2.59. The Bertz CT molecular complexity index is 313. The van der Waals surface area contributed by atoms with Gasteiger partial charge in [-0.1, -0.05) is 6.08 Å². The van der Waals surface area contributed by atoms with Crippen molar-refractivity contribution in [1.82, 2.24) is 5.32 Å². The van der Waals surface area contributed by atoms with E-state index < -0.39 is 36.3 Å². The summed E-state index contributed by atoms with van der Waals surface area (Å²) in [4.78, 5) is 32.1. The lowest BCUT2D eigenvalue weighted by Crippen LogP contribution is -2.45. The summed E-state index contributed by atoms with van der Waals surface area (Å²) in [6, 6.07) is 0. The van der Waals surface area contributed by atoms with Gasteiger partial charge in [-0.3, -0.25) is 9.59 Å². The van der Waals surface area contributed by atoms with Crippen molar-refractivity contribution >= 4 is 17.8 Å². The molecule has 0 aromatic rings. The molecule has 0 spiro atoms. The van der Waals surface area contributed by atoms with Gasteiger partial charge in [-0.15, -0.1) is 6.58 Å². The molecule has 1 atom stereocenters. The third kappa shape index (κ3) is 4.56. The van der Waals surface area contributed by atoms with Gasteiger partial charge in [0.1, 0.15) is 0 Å². The molecule has 0 saturated carbocycles. The summed E-state index contributed by atoms with van der Waals surface area (Å²) in [7, 11) is 0. The minimum Gasteiger partial charge on any atom is -0.481 e. The van der Waals surface area contributed by atoms with Gasteiger partial charge in [0, 0.05) is 6.54 Å². The Balaban J connectivity index is 4.55. The van der Waals surface area contributed by atoms with E-state index in [2.05, 4.69) is 11.9 Å². The van der Waals surface area contributed by atoms with Gasteiger partial charge in [0.15, 0.2) is 5.60 Å². The van der Waals surface area contributed by atoms with Gasteiger partial charge in [0.25, 0.3) is 0 Å². The molecule has 0 aliphatic heterocycles. The molecule has 0 fully saturated rings. The molecule has 16 heavy (non-hydrogen) atoms. The van der Waals surface area contributed by atoms with Crippen LogP contribution in [0.1, 0.15) is 12.8 Å². The molecular weight excluding hydrogens is 218 g/mol. The van der Waals surface area contributed by atoms with Crippen molar-refractivity contribution in [3.63, 3.8) is 0 Å². The van der Waals surface area contributed by atoms with E-state index in [4.69, 9.17) is 10.2 Å². The highest BCUT2D eigenvalue weighted by molar-refractivity contribution is 5.90. The van der Waals surface area contributed by atoms with Crippen LogP contribution < -0.4 is 5.32 Å². The van der Waals surface area contributed by atoms with Crippen molar-refractivity contribution in [2.45, 2.75) is 18.4 Å². The fourth-order valence-corrected chi connectivity index (χ4v) is 0.978. The zero-order chi connectivity index (χ0) is 12.8. The SMILES string of the molecule is C=CCNC(=O)CC(O)(CC(=O)O)C(=O)O. The average molecular weight is 231 g/mol. The predicted molar refractivity (Wildman–Crippen MR) is 52.7 cm³/mol. The normalized spacial score (nSPS) is 13.6. The monoisotopic (exact) mass is 231 g/mol. The van der Waals surface area contributed by atoms with E-state index in [1.807, 2.05) is 0 Å². The first-order chi connectivity index (χ1) is 7.31. The maximum absolute atomic E-state index is 11.1. The summed E-state index contributed by atoms with van der Waals surface area (Å²) >= 11 is 0. The maximum Gasteiger partial charge on any atom is 0.336 e. The molecule has 90 valence electrons. The van der Waals surface area contributed by atoms with Gasteiger partial charge in [-0.25, -0.2) is 4.79 Å². The van der Waals surface area contributed by atoms with Gasteiger partial charge in [0.05, 0.1) is 12.8 Å². The Morgan fingerprint density at radius 2 is 1.81 bits per heavy atom. The van der Waals surface area contributed by atoms with E-state index >= 15 is 0 Å². The summed E-state index contributed by atoms with van der Waals surface area (Å²) < 4.78 is 0. The molecule has 0 radical (unpaired) electrons. The number of rotatable bonds is 7. The number of carboxylic acid groups (broad SMARTS) is 2. The molecule has 0 rings (SSSR count). The number of nitrogens with one attached hydrogen (secondary N) is 1. The van der Waals surface area contributed by atoms with Gasteiger partial charge in [-0.05, 0) is 0 Å². The van der Waals surface area contributed by atoms with Crippen LogP contribution in [0.5, 0.6) is 0 Å². The Morgan fingerprint density at radius 3 is 2.19 bits per heavy atom. The number of carboxylic acids is 2. The Kier molecular flexibility index (Phi) is 5.17. The van der Waals surface area contributed by atoms with Gasteiger partial charge < -0.3 is 20.6 Å². The van der Waals surface area contributed by atoms with Crippen LogP contribution in [0.25, 0.3) is 0 Å². The molecule has 0 aliphatic rings. The summed E-state index contributed by atoms with van der Waals surface area (Å²) in [5, 5.41) is 28.8. The van der Waals surface area contributed by atoms with E-state index in [1.54, 1.807) is 0 Å². The van der Waals surface area contributed by atoms with Crippen LogP contribution in [0.4, 0.5) is 0 Å². The van der Waals surface area contributed by atoms with Crippen molar-refractivity contribution in [3.8, 4) is 0 Å². The smallest absolute Gasteiger partial charge is 0.336 e. The highest BCUT2D eigenvalue weighted by Gasteiger charge is 2.40. The first-order valence-electron chi connectivity index (χ1n) is 4.37. The standard InChI is InChI=1S/C9H13NO6/c1-2-3-10-6(11)4-9(16,8(14)15)5-7(12)13/h2,16H,1,3-5H2,(H,10,11)(H,12,13)(H,14,15). The molecular formula is C9H13NO6. The van der Waals surface area contributed by atoms with Crippen LogP contribution in [-0.4, -0.2) is 45.3 Å². The Morgan fingerprint density at radius 1 is 1.25 bits per heavy atom. The second-order valence-electron chi connectivity index (χ2n) is 3.18. The van der Waals surface area contributed by atoms with Crippen molar-refractivity contribution in [1.29, 1.82) is 0 Å². The number of aliphatic carboxylic acids is 2. The lowest BCUT2D eigenvalue weighted by molar-refractivity contribution is -0.167. The van der Waals surface area contributed by atoms with E-state index in [0.29, 0.717) is 0 Å². The van der Waals surface area contributed by atoms with Crippen LogP contribution in [0.15, 0.2) is 12.7 Å². The fraction of sp³-hybridized carbons (Fsp3) is 0.444. The molecule has 0 bridgehead atoms.